The van der Waals surface area contributed by atoms with Gasteiger partial charge in [-0.15, -0.1) is 0 Å². The van der Waals surface area contributed by atoms with Gasteiger partial charge in [0.15, 0.2) is 0 Å². The van der Waals surface area contributed by atoms with Crippen LogP contribution in [0.25, 0.3) is 0 Å². The highest BCUT2D eigenvalue weighted by molar-refractivity contribution is 4.71. The summed E-state index contributed by atoms with van der Waals surface area (Å²) in [6, 6.07) is 0.478. The maximum atomic E-state index is 5.61. The van der Waals surface area contributed by atoms with Crippen LogP contribution in [-0.2, 0) is 9.47 Å². The Bertz CT molecular complexity index is 166. The SMILES string of the molecule is CCCNC(CCC(C)(C)C)COCCOC. The third-order valence-electron chi connectivity index (χ3n) is 2.68. The lowest BCUT2D eigenvalue weighted by atomic mass is 9.89. The van der Waals surface area contributed by atoms with Gasteiger partial charge in [-0.25, -0.2) is 0 Å². The van der Waals surface area contributed by atoms with Crippen molar-refractivity contribution < 1.29 is 9.47 Å². The zero-order valence-electron chi connectivity index (χ0n) is 12.3. The number of methoxy groups -OCH3 is 1. The van der Waals surface area contributed by atoms with E-state index in [9.17, 15) is 0 Å². The van der Waals surface area contributed by atoms with Gasteiger partial charge in [0.05, 0.1) is 19.8 Å². The Labute approximate surface area is 107 Å². The molecule has 0 aromatic rings. The first-order chi connectivity index (χ1) is 7.99. The Morgan fingerprint density at radius 2 is 1.88 bits per heavy atom. The van der Waals surface area contributed by atoms with E-state index in [2.05, 4.69) is 33.0 Å². The molecule has 1 N–H and O–H groups in total. The minimum Gasteiger partial charge on any atom is -0.382 e. The van der Waals surface area contributed by atoms with Gasteiger partial charge in [0.2, 0.25) is 0 Å². The number of ether oxygens (including phenoxy) is 2. The third-order valence-corrected chi connectivity index (χ3v) is 2.68. The highest BCUT2D eigenvalue weighted by Gasteiger charge is 2.14. The highest BCUT2D eigenvalue weighted by Crippen LogP contribution is 2.21. The molecule has 0 aromatic heterocycles. The molecule has 17 heavy (non-hydrogen) atoms. The maximum absolute atomic E-state index is 5.61. The maximum Gasteiger partial charge on any atom is 0.0701 e. The molecule has 0 aliphatic rings. The summed E-state index contributed by atoms with van der Waals surface area (Å²) in [6.07, 6.45) is 3.57. The van der Waals surface area contributed by atoms with Crippen LogP contribution >= 0.6 is 0 Å². The first kappa shape index (κ1) is 16.9. The van der Waals surface area contributed by atoms with E-state index in [1.54, 1.807) is 7.11 Å². The van der Waals surface area contributed by atoms with E-state index in [1.165, 1.54) is 19.3 Å². The molecule has 1 atom stereocenters. The Hall–Kier alpha value is -0.120. The fourth-order valence-electron chi connectivity index (χ4n) is 1.57. The molecule has 0 radical (unpaired) electrons. The molecule has 0 aliphatic carbocycles. The average molecular weight is 245 g/mol. The summed E-state index contributed by atoms with van der Waals surface area (Å²) in [5.74, 6) is 0. The molecule has 0 aromatic carbocycles. The van der Waals surface area contributed by atoms with Crippen LogP contribution in [0.4, 0.5) is 0 Å². The van der Waals surface area contributed by atoms with E-state index < -0.39 is 0 Å². The van der Waals surface area contributed by atoms with Gasteiger partial charge in [-0.05, 0) is 31.2 Å². The van der Waals surface area contributed by atoms with E-state index in [0.29, 0.717) is 24.7 Å². The van der Waals surface area contributed by atoms with E-state index in [1.807, 2.05) is 0 Å². The van der Waals surface area contributed by atoms with Gasteiger partial charge in [0.25, 0.3) is 0 Å². The molecule has 3 nitrogen and oxygen atoms in total. The Morgan fingerprint density at radius 1 is 1.18 bits per heavy atom. The highest BCUT2D eigenvalue weighted by atomic mass is 16.5. The zero-order chi connectivity index (χ0) is 13.1. The van der Waals surface area contributed by atoms with Gasteiger partial charge in [-0.3, -0.25) is 0 Å². The molecular formula is C14H31NO2. The molecule has 0 aliphatic heterocycles. The lowest BCUT2D eigenvalue weighted by Gasteiger charge is -2.24. The smallest absolute Gasteiger partial charge is 0.0701 e. The standard InChI is InChI=1S/C14H31NO2/c1-6-9-15-13(7-8-14(2,3)4)12-17-11-10-16-5/h13,15H,6-12H2,1-5H3. The van der Waals surface area contributed by atoms with Crippen LogP contribution in [0.1, 0.15) is 47.0 Å². The van der Waals surface area contributed by atoms with Crippen LogP contribution in [0, 0.1) is 5.41 Å². The molecule has 0 amide bonds. The normalized spacial score (nSPS) is 13.9. The van der Waals surface area contributed by atoms with Crippen molar-refractivity contribution in [3.63, 3.8) is 0 Å². The van der Waals surface area contributed by atoms with Crippen molar-refractivity contribution in [2.45, 2.75) is 53.0 Å². The quantitative estimate of drug-likeness (QED) is 0.600. The minimum absolute atomic E-state index is 0.401. The summed E-state index contributed by atoms with van der Waals surface area (Å²) >= 11 is 0. The van der Waals surface area contributed by atoms with Crippen molar-refractivity contribution in [2.24, 2.45) is 5.41 Å². The Kier molecular flexibility index (Phi) is 9.79. The molecule has 1 unspecified atom stereocenters. The first-order valence-electron chi connectivity index (χ1n) is 6.79. The van der Waals surface area contributed by atoms with Crippen LogP contribution < -0.4 is 5.32 Å². The predicted octanol–water partition coefficient (Wildman–Crippen LogP) is 2.84. The van der Waals surface area contributed by atoms with Crippen molar-refractivity contribution in [3.05, 3.63) is 0 Å². The molecular weight excluding hydrogens is 214 g/mol. The summed E-state index contributed by atoms with van der Waals surface area (Å²) in [7, 11) is 1.70. The summed E-state index contributed by atoms with van der Waals surface area (Å²) in [4.78, 5) is 0. The summed E-state index contributed by atoms with van der Waals surface area (Å²) in [5.41, 5.74) is 0.401. The van der Waals surface area contributed by atoms with Crippen LogP contribution in [0.5, 0.6) is 0 Å². The van der Waals surface area contributed by atoms with E-state index >= 15 is 0 Å². The van der Waals surface area contributed by atoms with Gasteiger partial charge in [0.1, 0.15) is 0 Å². The van der Waals surface area contributed by atoms with Crippen molar-refractivity contribution in [1.29, 1.82) is 0 Å². The summed E-state index contributed by atoms with van der Waals surface area (Å²) in [6.45, 7) is 12.3. The van der Waals surface area contributed by atoms with Crippen molar-refractivity contribution >= 4 is 0 Å². The average Bonchev–Trinajstić information content (AvgIpc) is 2.25. The van der Waals surface area contributed by atoms with Gasteiger partial charge in [0, 0.05) is 13.2 Å². The predicted molar refractivity (Wildman–Crippen MR) is 73.5 cm³/mol. The van der Waals surface area contributed by atoms with Crippen LogP contribution in [0.15, 0.2) is 0 Å². The van der Waals surface area contributed by atoms with Gasteiger partial charge >= 0.3 is 0 Å². The lowest BCUT2D eigenvalue weighted by Crippen LogP contribution is -2.35. The van der Waals surface area contributed by atoms with E-state index in [0.717, 1.165) is 13.2 Å². The largest absolute Gasteiger partial charge is 0.382 e. The molecule has 0 fully saturated rings. The summed E-state index contributed by atoms with van der Waals surface area (Å²) in [5, 5.41) is 3.55. The Morgan fingerprint density at radius 3 is 2.41 bits per heavy atom. The Balaban J connectivity index is 3.79. The second kappa shape index (κ2) is 9.86. The van der Waals surface area contributed by atoms with E-state index in [4.69, 9.17) is 9.47 Å². The fourth-order valence-corrected chi connectivity index (χ4v) is 1.57. The van der Waals surface area contributed by atoms with Gasteiger partial charge in [-0.1, -0.05) is 27.7 Å². The third kappa shape index (κ3) is 12.1. The van der Waals surface area contributed by atoms with Crippen LogP contribution in [0.3, 0.4) is 0 Å². The fraction of sp³-hybridized carbons (Fsp3) is 1.00. The zero-order valence-corrected chi connectivity index (χ0v) is 12.3. The van der Waals surface area contributed by atoms with Gasteiger partial charge in [-0.2, -0.15) is 0 Å². The number of hydrogen-bond donors (Lipinski definition) is 1. The van der Waals surface area contributed by atoms with Crippen LogP contribution in [0.2, 0.25) is 0 Å². The molecule has 104 valence electrons. The van der Waals surface area contributed by atoms with E-state index in [-0.39, 0.29) is 0 Å². The molecule has 0 spiro atoms. The van der Waals surface area contributed by atoms with Crippen LogP contribution in [-0.4, -0.2) is 39.5 Å². The minimum atomic E-state index is 0.401. The van der Waals surface area contributed by atoms with Crippen molar-refractivity contribution in [2.75, 3.05) is 33.5 Å². The van der Waals surface area contributed by atoms with Gasteiger partial charge < -0.3 is 14.8 Å². The second-order valence-electron chi connectivity index (χ2n) is 5.82. The number of nitrogens with one attached hydrogen (secondary N) is 1. The van der Waals surface area contributed by atoms with Crippen molar-refractivity contribution in [1.82, 2.24) is 5.32 Å². The topological polar surface area (TPSA) is 30.5 Å². The molecule has 0 bridgehead atoms. The molecule has 0 heterocycles. The first-order valence-corrected chi connectivity index (χ1v) is 6.79. The van der Waals surface area contributed by atoms with Crippen molar-refractivity contribution in [3.8, 4) is 0 Å². The summed E-state index contributed by atoms with van der Waals surface area (Å²) < 4.78 is 10.6. The lowest BCUT2D eigenvalue weighted by molar-refractivity contribution is 0.0558. The molecule has 3 heteroatoms. The molecule has 0 saturated heterocycles. The number of hydrogen-bond acceptors (Lipinski definition) is 3. The molecule has 0 rings (SSSR count). The molecule has 0 saturated carbocycles. The number of rotatable bonds is 10. The second-order valence-corrected chi connectivity index (χ2v) is 5.82. The monoisotopic (exact) mass is 245 g/mol.